The number of ether oxygens (including phenoxy) is 1. The van der Waals surface area contributed by atoms with Crippen molar-refractivity contribution >= 4 is 6.09 Å². The fourth-order valence-electron chi connectivity index (χ4n) is 1.04. The van der Waals surface area contributed by atoms with E-state index in [0.717, 1.165) is 6.20 Å². The summed E-state index contributed by atoms with van der Waals surface area (Å²) in [6.07, 6.45) is 2.06. The van der Waals surface area contributed by atoms with E-state index in [1.165, 1.54) is 12.3 Å². The largest absolute Gasteiger partial charge is 0.444 e. The minimum atomic E-state index is -0.537. The zero-order valence-corrected chi connectivity index (χ0v) is 9.58. The van der Waals surface area contributed by atoms with Crippen LogP contribution in [0, 0.1) is 5.82 Å². The number of hydrogen-bond donors (Lipinski definition) is 1. The minimum Gasteiger partial charge on any atom is -0.444 e. The van der Waals surface area contributed by atoms with Gasteiger partial charge in [0.15, 0.2) is 0 Å². The van der Waals surface area contributed by atoms with Crippen LogP contribution in [0.3, 0.4) is 0 Å². The molecule has 0 atom stereocenters. The Morgan fingerprint density at radius 1 is 1.50 bits per heavy atom. The third-order valence-electron chi connectivity index (χ3n) is 1.60. The molecule has 0 aliphatic carbocycles. The third-order valence-corrected chi connectivity index (χ3v) is 1.60. The Labute approximate surface area is 93.8 Å². The fourth-order valence-corrected chi connectivity index (χ4v) is 1.04. The SMILES string of the molecule is CC(C)(C)OC(=O)NCc1cncc(F)c1. The first-order valence-electron chi connectivity index (χ1n) is 4.93. The van der Waals surface area contributed by atoms with Crippen molar-refractivity contribution in [2.45, 2.75) is 32.9 Å². The molecule has 0 unspecified atom stereocenters. The summed E-state index contributed by atoms with van der Waals surface area (Å²) in [5.41, 5.74) is 0.0513. The summed E-state index contributed by atoms with van der Waals surface area (Å²) in [5, 5.41) is 2.51. The molecule has 1 aromatic rings. The quantitative estimate of drug-likeness (QED) is 0.841. The maximum absolute atomic E-state index is 12.8. The molecule has 0 aliphatic rings. The lowest BCUT2D eigenvalue weighted by Crippen LogP contribution is -2.32. The first kappa shape index (κ1) is 12.4. The van der Waals surface area contributed by atoms with E-state index in [4.69, 9.17) is 4.74 Å². The van der Waals surface area contributed by atoms with E-state index in [0.29, 0.717) is 5.56 Å². The second-order valence-corrected chi connectivity index (χ2v) is 4.37. The molecule has 1 aromatic heterocycles. The lowest BCUT2D eigenvalue weighted by Gasteiger charge is -2.19. The summed E-state index contributed by atoms with van der Waals surface area (Å²) in [7, 11) is 0. The van der Waals surface area contributed by atoms with Crippen molar-refractivity contribution in [1.29, 1.82) is 0 Å². The highest BCUT2D eigenvalue weighted by atomic mass is 19.1. The number of carbonyl (C=O) groups excluding carboxylic acids is 1. The second kappa shape index (κ2) is 4.92. The lowest BCUT2D eigenvalue weighted by molar-refractivity contribution is 0.0523. The molecule has 16 heavy (non-hydrogen) atoms. The summed E-state index contributed by atoms with van der Waals surface area (Å²) >= 11 is 0. The van der Waals surface area contributed by atoms with Crippen molar-refractivity contribution in [2.24, 2.45) is 0 Å². The molecule has 0 aliphatic heterocycles. The molecule has 0 aromatic carbocycles. The number of aromatic nitrogens is 1. The summed E-state index contributed by atoms with van der Waals surface area (Å²) in [5.74, 6) is -0.427. The fraction of sp³-hybridized carbons (Fsp3) is 0.455. The van der Waals surface area contributed by atoms with E-state index < -0.39 is 17.5 Å². The lowest BCUT2D eigenvalue weighted by atomic mass is 10.2. The van der Waals surface area contributed by atoms with Gasteiger partial charge >= 0.3 is 6.09 Å². The molecule has 0 radical (unpaired) electrons. The number of nitrogens with zero attached hydrogens (tertiary/aromatic N) is 1. The van der Waals surface area contributed by atoms with Gasteiger partial charge in [-0.3, -0.25) is 4.98 Å². The third kappa shape index (κ3) is 4.72. The van der Waals surface area contributed by atoms with Crippen LogP contribution in [0.4, 0.5) is 9.18 Å². The average Bonchev–Trinajstić information content (AvgIpc) is 2.12. The van der Waals surface area contributed by atoms with E-state index in [1.807, 2.05) is 0 Å². The average molecular weight is 226 g/mol. The van der Waals surface area contributed by atoms with E-state index >= 15 is 0 Å². The van der Waals surface area contributed by atoms with Gasteiger partial charge in [-0.1, -0.05) is 0 Å². The zero-order chi connectivity index (χ0) is 12.2. The maximum atomic E-state index is 12.8. The van der Waals surface area contributed by atoms with Gasteiger partial charge in [-0.15, -0.1) is 0 Å². The predicted molar refractivity (Wildman–Crippen MR) is 57.3 cm³/mol. The Morgan fingerprint density at radius 2 is 2.19 bits per heavy atom. The molecule has 0 bridgehead atoms. The highest BCUT2D eigenvalue weighted by molar-refractivity contribution is 5.67. The predicted octanol–water partition coefficient (Wildman–Crippen LogP) is 2.25. The Balaban J connectivity index is 2.43. The van der Waals surface area contributed by atoms with E-state index in [2.05, 4.69) is 10.3 Å². The van der Waals surface area contributed by atoms with Gasteiger partial charge in [-0.05, 0) is 32.4 Å². The van der Waals surface area contributed by atoms with E-state index in [-0.39, 0.29) is 6.54 Å². The molecule has 5 heteroatoms. The van der Waals surface area contributed by atoms with Crippen LogP contribution >= 0.6 is 0 Å². The first-order chi connectivity index (χ1) is 7.37. The number of nitrogens with one attached hydrogen (secondary N) is 1. The number of rotatable bonds is 2. The van der Waals surface area contributed by atoms with E-state index in [1.54, 1.807) is 20.8 Å². The summed E-state index contributed by atoms with van der Waals surface area (Å²) < 4.78 is 17.8. The van der Waals surface area contributed by atoms with Crippen molar-refractivity contribution in [3.63, 3.8) is 0 Å². The highest BCUT2D eigenvalue weighted by Crippen LogP contribution is 2.07. The van der Waals surface area contributed by atoms with Gasteiger partial charge in [-0.2, -0.15) is 0 Å². The Kier molecular flexibility index (Phi) is 3.82. The molecule has 4 nitrogen and oxygen atoms in total. The van der Waals surface area contributed by atoms with Crippen LogP contribution < -0.4 is 5.32 Å². The van der Waals surface area contributed by atoms with E-state index in [9.17, 15) is 9.18 Å². The van der Waals surface area contributed by atoms with Crippen molar-refractivity contribution in [1.82, 2.24) is 10.3 Å². The molecular formula is C11H15FN2O2. The topological polar surface area (TPSA) is 51.2 Å². The maximum Gasteiger partial charge on any atom is 0.407 e. The normalized spacial score (nSPS) is 11.0. The van der Waals surface area contributed by atoms with Crippen LogP contribution in [0.15, 0.2) is 18.5 Å². The standard InChI is InChI=1S/C11H15FN2O2/c1-11(2,3)16-10(15)14-6-8-4-9(12)7-13-5-8/h4-5,7H,6H2,1-3H3,(H,14,15). The van der Waals surface area contributed by atoms with Gasteiger partial charge in [0.25, 0.3) is 0 Å². The van der Waals surface area contributed by atoms with Gasteiger partial charge in [-0.25, -0.2) is 9.18 Å². The molecular weight excluding hydrogens is 211 g/mol. The van der Waals surface area contributed by atoms with Gasteiger partial charge in [0.2, 0.25) is 0 Å². The highest BCUT2D eigenvalue weighted by Gasteiger charge is 2.15. The van der Waals surface area contributed by atoms with Crippen molar-refractivity contribution in [3.8, 4) is 0 Å². The van der Waals surface area contributed by atoms with Gasteiger partial charge in [0.1, 0.15) is 11.4 Å². The second-order valence-electron chi connectivity index (χ2n) is 4.37. The zero-order valence-electron chi connectivity index (χ0n) is 9.58. The summed E-state index contributed by atoms with van der Waals surface area (Å²) in [6.45, 7) is 5.52. The summed E-state index contributed by atoms with van der Waals surface area (Å²) in [4.78, 5) is 14.9. The number of carbonyl (C=O) groups is 1. The smallest absolute Gasteiger partial charge is 0.407 e. The van der Waals surface area contributed by atoms with Gasteiger partial charge < -0.3 is 10.1 Å². The molecule has 1 N–H and O–H groups in total. The van der Waals surface area contributed by atoms with Gasteiger partial charge in [0, 0.05) is 12.7 Å². The molecule has 0 saturated heterocycles. The van der Waals surface area contributed by atoms with Crippen LogP contribution in [-0.4, -0.2) is 16.7 Å². The molecule has 1 amide bonds. The van der Waals surface area contributed by atoms with Crippen LogP contribution in [-0.2, 0) is 11.3 Å². The Hall–Kier alpha value is -1.65. The van der Waals surface area contributed by atoms with Crippen LogP contribution in [0.25, 0.3) is 0 Å². The molecule has 1 heterocycles. The van der Waals surface area contributed by atoms with Crippen molar-refractivity contribution in [2.75, 3.05) is 0 Å². The Morgan fingerprint density at radius 3 is 2.75 bits per heavy atom. The number of alkyl carbamates (subject to hydrolysis) is 1. The van der Waals surface area contributed by atoms with Crippen molar-refractivity contribution < 1.29 is 13.9 Å². The monoisotopic (exact) mass is 226 g/mol. The van der Waals surface area contributed by atoms with Crippen molar-refractivity contribution in [3.05, 3.63) is 29.8 Å². The number of amides is 1. The summed E-state index contributed by atoms with van der Waals surface area (Å²) in [6, 6.07) is 1.31. The molecule has 0 saturated carbocycles. The first-order valence-corrected chi connectivity index (χ1v) is 4.93. The van der Waals surface area contributed by atoms with Crippen LogP contribution in [0.1, 0.15) is 26.3 Å². The number of pyridine rings is 1. The molecule has 0 fully saturated rings. The number of hydrogen-bond acceptors (Lipinski definition) is 3. The molecule has 88 valence electrons. The number of halogens is 1. The Bertz CT molecular complexity index is 374. The van der Waals surface area contributed by atoms with Crippen LogP contribution in [0.2, 0.25) is 0 Å². The molecule has 0 spiro atoms. The van der Waals surface area contributed by atoms with Crippen LogP contribution in [0.5, 0.6) is 0 Å². The minimum absolute atomic E-state index is 0.194. The molecule has 1 rings (SSSR count). The van der Waals surface area contributed by atoms with Gasteiger partial charge in [0.05, 0.1) is 6.20 Å².